The van der Waals surface area contributed by atoms with E-state index in [9.17, 15) is 4.79 Å². The molecule has 4 heteroatoms. The Kier molecular flexibility index (Phi) is 4.62. The molecule has 106 valence electrons. The van der Waals surface area contributed by atoms with E-state index >= 15 is 0 Å². The maximum Gasteiger partial charge on any atom is 0.260 e. The topological polar surface area (TPSA) is 53.3 Å². The summed E-state index contributed by atoms with van der Waals surface area (Å²) in [5.74, 6) is 0.656. The molecule has 0 aromatic heterocycles. The second kappa shape index (κ2) is 6.42. The molecule has 0 spiro atoms. The molecule has 1 aliphatic rings. The van der Waals surface area contributed by atoms with E-state index in [1.165, 1.54) is 6.42 Å². The molecule has 2 atom stereocenters. The second-order valence-corrected chi connectivity index (χ2v) is 5.35. The highest BCUT2D eigenvalue weighted by molar-refractivity contribution is 5.78. The van der Waals surface area contributed by atoms with E-state index in [1.807, 2.05) is 4.90 Å². The van der Waals surface area contributed by atoms with Crippen molar-refractivity contribution < 1.29 is 9.53 Å². The van der Waals surface area contributed by atoms with Crippen LogP contribution >= 0.6 is 0 Å². The highest BCUT2D eigenvalue weighted by atomic mass is 16.5. The fourth-order valence-corrected chi connectivity index (χ4v) is 2.76. The number of nitrogens with zero attached hydrogens (tertiary/aromatic N) is 2. The van der Waals surface area contributed by atoms with E-state index in [0.29, 0.717) is 11.3 Å². The molecule has 0 saturated carbocycles. The lowest BCUT2D eigenvalue weighted by molar-refractivity contribution is -0.139. The summed E-state index contributed by atoms with van der Waals surface area (Å²) in [6.45, 7) is 4.24. The number of benzene rings is 1. The van der Waals surface area contributed by atoms with Gasteiger partial charge in [0.15, 0.2) is 6.61 Å². The van der Waals surface area contributed by atoms with Gasteiger partial charge in [-0.1, -0.05) is 0 Å². The first kappa shape index (κ1) is 14.4. The van der Waals surface area contributed by atoms with Crippen LogP contribution in [0.2, 0.25) is 0 Å². The Labute approximate surface area is 120 Å². The predicted molar refractivity (Wildman–Crippen MR) is 76.3 cm³/mol. The average Bonchev–Trinajstić information content (AvgIpc) is 2.45. The van der Waals surface area contributed by atoms with E-state index < -0.39 is 0 Å². The lowest BCUT2D eigenvalue weighted by Crippen LogP contribution is -2.49. The van der Waals surface area contributed by atoms with E-state index in [0.717, 1.165) is 12.8 Å². The van der Waals surface area contributed by atoms with Gasteiger partial charge in [0.2, 0.25) is 0 Å². The molecule has 1 aromatic rings. The summed E-state index contributed by atoms with van der Waals surface area (Å²) in [5.41, 5.74) is 0.585. The van der Waals surface area contributed by atoms with E-state index in [2.05, 4.69) is 19.9 Å². The first-order chi connectivity index (χ1) is 9.61. The minimum atomic E-state index is 0.0362. The third kappa shape index (κ3) is 3.30. The smallest absolute Gasteiger partial charge is 0.260 e. The zero-order valence-corrected chi connectivity index (χ0v) is 12.0. The zero-order valence-electron chi connectivity index (χ0n) is 12.0. The number of piperidine rings is 1. The van der Waals surface area contributed by atoms with E-state index in [4.69, 9.17) is 10.00 Å². The lowest BCUT2D eigenvalue weighted by atomic mass is 9.97. The summed E-state index contributed by atoms with van der Waals surface area (Å²) in [6.07, 6.45) is 3.31. The number of ether oxygens (including phenoxy) is 1. The molecule has 0 aliphatic carbocycles. The van der Waals surface area contributed by atoms with Gasteiger partial charge in [-0.2, -0.15) is 5.26 Å². The monoisotopic (exact) mass is 272 g/mol. The zero-order chi connectivity index (χ0) is 14.5. The van der Waals surface area contributed by atoms with Gasteiger partial charge in [0.25, 0.3) is 5.91 Å². The fraction of sp³-hybridized carbons (Fsp3) is 0.500. The largest absolute Gasteiger partial charge is 0.484 e. The van der Waals surface area contributed by atoms with Crippen LogP contribution in [0.5, 0.6) is 5.75 Å². The van der Waals surface area contributed by atoms with Gasteiger partial charge < -0.3 is 9.64 Å². The van der Waals surface area contributed by atoms with Crippen LogP contribution in [-0.2, 0) is 4.79 Å². The number of hydrogen-bond acceptors (Lipinski definition) is 3. The molecule has 0 unspecified atom stereocenters. The minimum absolute atomic E-state index is 0.0362. The molecule has 1 aromatic carbocycles. The lowest BCUT2D eigenvalue weighted by Gasteiger charge is -2.38. The highest BCUT2D eigenvalue weighted by Crippen LogP contribution is 2.22. The number of amides is 1. The van der Waals surface area contributed by atoms with Crippen LogP contribution in [0.4, 0.5) is 0 Å². The molecule has 0 N–H and O–H groups in total. The predicted octanol–water partition coefficient (Wildman–Crippen LogP) is 2.73. The Hall–Kier alpha value is -2.02. The quantitative estimate of drug-likeness (QED) is 0.850. The van der Waals surface area contributed by atoms with Crippen molar-refractivity contribution >= 4 is 5.91 Å². The van der Waals surface area contributed by atoms with Gasteiger partial charge in [0, 0.05) is 12.1 Å². The Morgan fingerprint density at radius 2 is 1.90 bits per heavy atom. The van der Waals surface area contributed by atoms with Crippen LogP contribution in [0.1, 0.15) is 38.7 Å². The minimum Gasteiger partial charge on any atom is -0.484 e. The molecule has 2 rings (SSSR count). The molecular weight excluding hydrogens is 252 g/mol. The molecule has 1 amide bonds. The molecule has 4 nitrogen and oxygen atoms in total. The van der Waals surface area contributed by atoms with Crippen LogP contribution in [0.25, 0.3) is 0 Å². The number of carbonyl (C=O) groups excluding carboxylic acids is 1. The van der Waals surface area contributed by atoms with Gasteiger partial charge in [-0.15, -0.1) is 0 Å². The first-order valence-electron chi connectivity index (χ1n) is 7.06. The normalized spacial score (nSPS) is 22.1. The van der Waals surface area contributed by atoms with Crippen molar-refractivity contribution in [2.45, 2.75) is 45.2 Å². The molecule has 1 fully saturated rings. The summed E-state index contributed by atoms with van der Waals surface area (Å²) in [7, 11) is 0. The number of rotatable bonds is 3. The van der Waals surface area contributed by atoms with Gasteiger partial charge in [-0.3, -0.25) is 4.79 Å². The van der Waals surface area contributed by atoms with Gasteiger partial charge in [-0.25, -0.2) is 0 Å². The Morgan fingerprint density at radius 3 is 2.45 bits per heavy atom. The van der Waals surface area contributed by atoms with Crippen LogP contribution in [0, 0.1) is 11.3 Å². The van der Waals surface area contributed by atoms with Crippen molar-refractivity contribution in [1.82, 2.24) is 4.90 Å². The average molecular weight is 272 g/mol. The molecule has 0 bridgehead atoms. The maximum atomic E-state index is 12.3. The maximum absolute atomic E-state index is 12.3. The van der Waals surface area contributed by atoms with Gasteiger partial charge >= 0.3 is 0 Å². The van der Waals surface area contributed by atoms with Gasteiger partial charge in [0.05, 0.1) is 11.6 Å². The summed E-state index contributed by atoms with van der Waals surface area (Å²) in [5, 5.41) is 8.72. The molecule has 1 heterocycles. The van der Waals surface area contributed by atoms with E-state index in [-0.39, 0.29) is 24.6 Å². The van der Waals surface area contributed by atoms with Crippen molar-refractivity contribution in [2.24, 2.45) is 0 Å². The summed E-state index contributed by atoms with van der Waals surface area (Å²) in [6, 6.07) is 9.43. The van der Waals surface area contributed by atoms with Gasteiger partial charge in [0.1, 0.15) is 5.75 Å². The third-order valence-corrected chi connectivity index (χ3v) is 3.83. The Morgan fingerprint density at radius 1 is 1.30 bits per heavy atom. The van der Waals surface area contributed by atoms with Crippen molar-refractivity contribution in [3.63, 3.8) is 0 Å². The Balaban J connectivity index is 1.92. The van der Waals surface area contributed by atoms with Crippen LogP contribution in [0.15, 0.2) is 24.3 Å². The molecular formula is C16H20N2O2. The molecule has 1 saturated heterocycles. The van der Waals surface area contributed by atoms with Crippen LogP contribution < -0.4 is 4.74 Å². The number of likely N-dealkylation sites (tertiary alicyclic amines) is 1. The summed E-state index contributed by atoms with van der Waals surface area (Å²) in [4.78, 5) is 14.2. The summed E-state index contributed by atoms with van der Waals surface area (Å²) < 4.78 is 5.52. The van der Waals surface area contributed by atoms with Crippen LogP contribution in [-0.4, -0.2) is 29.5 Å². The SMILES string of the molecule is C[C@H]1CCC[C@H](C)N1C(=O)COc1ccc(C#N)cc1. The Bertz CT molecular complexity index is 494. The van der Waals surface area contributed by atoms with E-state index in [1.54, 1.807) is 24.3 Å². The third-order valence-electron chi connectivity index (χ3n) is 3.83. The van der Waals surface area contributed by atoms with Gasteiger partial charge in [-0.05, 0) is 57.4 Å². The number of carbonyl (C=O) groups is 1. The highest BCUT2D eigenvalue weighted by Gasteiger charge is 2.28. The van der Waals surface area contributed by atoms with Crippen molar-refractivity contribution in [3.05, 3.63) is 29.8 Å². The van der Waals surface area contributed by atoms with Crippen molar-refractivity contribution in [2.75, 3.05) is 6.61 Å². The van der Waals surface area contributed by atoms with Crippen molar-refractivity contribution in [1.29, 1.82) is 5.26 Å². The fourth-order valence-electron chi connectivity index (χ4n) is 2.76. The summed E-state index contributed by atoms with van der Waals surface area (Å²) >= 11 is 0. The van der Waals surface area contributed by atoms with Crippen LogP contribution in [0.3, 0.4) is 0 Å². The first-order valence-corrected chi connectivity index (χ1v) is 7.06. The second-order valence-electron chi connectivity index (χ2n) is 5.35. The number of nitriles is 1. The molecule has 20 heavy (non-hydrogen) atoms. The molecule has 1 aliphatic heterocycles. The van der Waals surface area contributed by atoms with Crippen molar-refractivity contribution in [3.8, 4) is 11.8 Å². The molecule has 0 radical (unpaired) electrons. The number of hydrogen-bond donors (Lipinski definition) is 0. The standard InChI is InChI=1S/C16H20N2O2/c1-12-4-3-5-13(2)18(12)16(19)11-20-15-8-6-14(10-17)7-9-15/h6-9,12-13H,3-5,11H2,1-2H3/t12-,13-/m0/s1.